The van der Waals surface area contributed by atoms with E-state index in [2.05, 4.69) is 158 Å². The number of carbonyl (C=O) groups is 2. The van der Waals surface area contributed by atoms with Gasteiger partial charge in [-0.3, -0.25) is 9.59 Å². The summed E-state index contributed by atoms with van der Waals surface area (Å²) in [4.78, 5) is 25.7. The molecule has 0 aromatic rings. The van der Waals surface area contributed by atoms with Gasteiger partial charge in [-0.25, -0.2) is 0 Å². The molecule has 12 nitrogen and oxygen atoms in total. The maximum atomic E-state index is 13.0. The van der Waals surface area contributed by atoms with Crippen LogP contribution in [-0.4, -0.2) is 140 Å². The zero-order valence-corrected chi connectivity index (χ0v) is 67.0. The fourth-order valence-electron chi connectivity index (χ4n) is 11.4. The van der Waals surface area contributed by atoms with E-state index in [4.69, 9.17) is 18.9 Å². The lowest BCUT2D eigenvalue weighted by Crippen LogP contribution is -2.50. The topological polar surface area (TPSA) is 176 Å². The molecule has 0 aromatic heterocycles. The van der Waals surface area contributed by atoms with Crippen molar-refractivity contribution in [3.63, 3.8) is 0 Å². The predicted octanol–water partition coefficient (Wildman–Crippen LogP) is 18.1. The summed E-state index contributed by atoms with van der Waals surface area (Å²) in [5, 5.41) is 53.2. The summed E-state index contributed by atoms with van der Waals surface area (Å²) in [6.45, 7) is 71.4. The summed E-state index contributed by atoms with van der Waals surface area (Å²) in [7, 11) is 0. The van der Waals surface area contributed by atoms with E-state index in [1.807, 2.05) is 83.1 Å². The van der Waals surface area contributed by atoms with Crippen molar-refractivity contribution in [1.82, 2.24) is 10.6 Å². The summed E-state index contributed by atoms with van der Waals surface area (Å²) in [6.07, 6.45) is 18.2. The lowest BCUT2D eigenvalue weighted by Gasteiger charge is -2.52. The van der Waals surface area contributed by atoms with Gasteiger partial charge in [-0.2, -0.15) is 23.5 Å². The van der Waals surface area contributed by atoms with E-state index < -0.39 is 34.6 Å². The number of thioether (sulfide) groups is 2. The second-order valence-corrected chi connectivity index (χ2v) is 39.5. The van der Waals surface area contributed by atoms with Crippen molar-refractivity contribution in [2.45, 2.75) is 349 Å². The van der Waals surface area contributed by atoms with Crippen molar-refractivity contribution in [3.05, 3.63) is 37.0 Å². The number of allylic oxidation sites excluding steroid dienone is 4. The van der Waals surface area contributed by atoms with Gasteiger partial charge in [-0.05, 0) is 204 Å². The highest BCUT2D eigenvalue weighted by molar-refractivity contribution is 7.99. The molecule has 0 fully saturated rings. The third-order valence-corrected chi connectivity index (χ3v) is 23.3. The zero-order valence-electron chi connectivity index (χ0n) is 65.4. The number of nitrogens with one attached hydrogen (secondary N) is 2. The normalized spacial score (nSPS) is 16.3. The second-order valence-electron chi connectivity index (χ2n) is 37.0. The molecule has 0 rings (SSSR count). The first-order valence-electron chi connectivity index (χ1n) is 35.2. The Balaban J connectivity index is 6.22. The number of hydrogen-bond acceptors (Lipinski definition) is 14. The van der Waals surface area contributed by atoms with Crippen molar-refractivity contribution in [2.24, 2.45) is 49.2 Å². The fraction of sp³-hybridized carbons (Fsp3) is 0.897. The molecule has 92 heavy (non-hydrogen) atoms. The van der Waals surface area contributed by atoms with Crippen LogP contribution in [0.5, 0.6) is 0 Å². The van der Waals surface area contributed by atoms with E-state index >= 15 is 0 Å². The number of ether oxygens (including phenoxy) is 4. The molecule has 5 unspecified atom stereocenters. The molecule has 544 valence electrons. The van der Waals surface area contributed by atoms with Crippen LogP contribution in [0, 0.1) is 49.2 Å². The number of carbonyl (C=O) groups excluding carboxylic acids is 2. The van der Waals surface area contributed by atoms with E-state index in [1.165, 1.54) is 0 Å². The first kappa shape index (κ1) is 90.5. The molecule has 0 amide bonds. The lowest BCUT2D eigenvalue weighted by molar-refractivity contribution is -0.159. The van der Waals surface area contributed by atoms with Gasteiger partial charge in [0.05, 0.1) is 60.7 Å². The van der Waals surface area contributed by atoms with Gasteiger partial charge in [0.25, 0.3) is 0 Å². The molecular weight excluding hydrogens is 1190 g/mol. The first-order chi connectivity index (χ1) is 41.2. The zero-order chi connectivity index (χ0) is 72.1. The maximum Gasteiger partial charge on any atom is 0.307 e. The smallest absolute Gasteiger partial charge is 0.307 e. The van der Waals surface area contributed by atoms with Gasteiger partial charge in [-0.15, -0.1) is 6.58 Å². The number of hydrogen-bond donors (Lipinski definition) is 6. The summed E-state index contributed by atoms with van der Waals surface area (Å²) < 4.78 is 23.4. The molecule has 0 saturated heterocycles. The Morgan fingerprint density at radius 3 is 1.09 bits per heavy atom. The standard InChI is InChI=1S/C78H150N2O10S2/c1-32-58(78(30,31)69(12,13)41-34-33-39-67(8,9)73(20,21)57-62(82)60(55-75(24,25)86)80-46-52-92-50-38-64(84)90-77(28,29)44-48-88-66(5,6)7)53-70(14,15)71(16,17)54-59(61(81)56-72(18,19)68(10,11)40-35-36-42-74(22,23)85)79-45-51-91-49-37-63(83)89-76(26,27)43-47-87-65(2,3)4/h32-36,58-62,79-82,85-86H,1,37-57H2,2-31H3. The van der Waals surface area contributed by atoms with Crippen molar-refractivity contribution in [2.75, 3.05) is 49.3 Å². The number of aliphatic hydroxyl groups excluding tert-OH is 2. The SMILES string of the molecule is C=CC(CC(C)(C)C(C)(C)CC(NCCSCCC(=O)OC(C)(C)CCOC(C)(C)C)C(O)CC(C)(C)C(C)(C)CC=CCC(C)(C)O)C(C)(C)C(C)(C)CC=CCC(C)(C)C(C)(C)CC(O)C(CC(C)(C)O)NCCSCCC(=O)OC(C)(C)CCOC(C)(C)C. The Hall–Kier alpha value is -1.46. The molecule has 0 aromatic carbocycles. The Bertz CT molecular complexity index is 2200. The van der Waals surface area contributed by atoms with E-state index in [-0.39, 0.29) is 84.5 Å². The second kappa shape index (κ2) is 37.1. The van der Waals surface area contributed by atoms with Crippen molar-refractivity contribution >= 4 is 35.5 Å². The van der Waals surface area contributed by atoms with Gasteiger partial charge in [0, 0.05) is 61.0 Å². The summed E-state index contributed by atoms with van der Waals surface area (Å²) >= 11 is 3.41. The molecule has 0 radical (unpaired) electrons. The summed E-state index contributed by atoms with van der Waals surface area (Å²) in [5.41, 5.74) is -4.77. The number of aliphatic hydroxyl groups is 4. The Morgan fingerprint density at radius 2 is 0.750 bits per heavy atom. The monoisotopic (exact) mass is 1340 g/mol. The summed E-state index contributed by atoms with van der Waals surface area (Å²) in [6, 6.07) is -0.487. The molecule has 5 atom stereocenters. The van der Waals surface area contributed by atoms with Crippen LogP contribution < -0.4 is 10.6 Å². The van der Waals surface area contributed by atoms with Crippen LogP contribution in [0.25, 0.3) is 0 Å². The van der Waals surface area contributed by atoms with Crippen molar-refractivity contribution < 1.29 is 49.0 Å². The molecule has 0 aliphatic carbocycles. The van der Waals surface area contributed by atoms with Crippen LogP contribution in [-0.2, 0) is 28.5 Å². The predicted molar refractivity (Wildman–Crippen MR) is 397 cm³/mol. The van der Waals surface area contributed by atoms with Gasteiger partial charge < -0.3 is 50.0 Å². The minimum Gasteiger partial charge on any atom is -0.460 e. The maximum absolute atomic E-state index is 13.0. The molecule has 0 saturated carbocycles. The van der Waals surface area contributed by atoms with Crippen LogP contribution in [0.1, 0.15) is 291 Å². The largest absolute Gasteiger partial charge is 0.460 e. The van der Waals surface area contributed by atoms with Crippen LogP contribution in [0.4, 0.5) is 0 Å². The minimum atomic E-state index is -0.971. The van der Waals surface area contributed by atoms with Gasteiger partial charge in [0.2, 0.25) is 0 Å². The number of esters is 2. The third kappa shape index (κ3) is 35.9. The van der Waals surface area contributed by atoms with Gasteiger partial charge in [0.1, 0.15) is 11.2 Å². The van der Waals surface area contributed by atoms with E-state index in [1.54, 1.807) is 37.4 Å². The average Bonchev–Trinajstić information content (AvgIpc) is 0.781. The molecule has 0 bridgehead atoms. The molecule has 0 aliphatic rings. The van der Waals surface area contributed by atoms with Crippen LogP contribution in [0.3, 0.4) is 0 Å². The van der Waals surface area contributed by atoms with Crippen LogP contribution in [0.15, 0.2) is 37.0 Å². The highest BCUT2D eigenvalue weighted by atomic mass is 32.2. The minimum absolute atomic E-state index is 0.0949. The Morgan fingerprint density at radius 1 is 0.424 bits per heavy atom. The molecule has 0 spiro atoms. The van der Waals surface area contributed by atoms with Gasteiger partial charge >= 0.3 is 11.9 Å². The fourth-order valence-corrected chi connectivity index (χ4v) is 12.9. The van der Waals surface area contributed by atoms with Gasteiger partial charge in [0.15, 0.2) is 0 Å². The molecular formula is C78H150N2O10S2. The van der Waals surface area contributed by atoms with E-state index in [9.17, 15) is 30.0 Å². The number of rotatable bonds is 48. The Kier molecular flexibility index (Phi) is 36.5. The third-order valence-electron chi connectivity index (χ3n) is 21.3. The van der Waals surface area contributed by atoms with Crippen LogP contribution in [0.2, 0.25) is 0 Å². The highest BCUT2D eigenvalue weighted by Crippen LogP contribution is 2.56. The lowest BCUT2D eigenvalue weighted by atomic mass is 9.53. The molecule has 0 aliphatic heterocycles. The van der Waals surface area contributed by atoms with Gasteiger partial charge in [-0.1, -0.05) is 141 Å². The van der Waals surface area contributed by atoms with Crippen molar-refractivity contribution in [1.29, 1.82) is 0 Å². The Labute approximate surface area is 576 Å². The highest BCUT2D eigenvalue weighted by Gasteiger charge is 2.48. The van der Waals surface area contributed by atoms with E-state index in [0.29, 0.717) is 89.2 Å². The van der Waals surface area contributed by atoms with E-state index in [0.717, 1.165) is 43.6 Å². The quantitative estimate of drug-likeness (QED) is 0.0193. The molecule has 14 heteroatoms. The van der Waals surface area contributed by atoms with Crippen molar-refractivity contribution in [3.8, 4) is 0 Å². The first-order valence-corrected chi connectivity index (χ1v) is 37.6. The molecule has 0 heterocycles. The average molecular weight is 1340 g/mol. The molecule has 6 N–H and O–H groups in total. The summed E-state index contributed by atoms with van der Waals surface area (Å²) in [5.74, 6) is 2.63. The van der Waals surface area contributed by atoms with Crippen LogP contribution >= 0.6 is 23.5 Å².